The first-order valence-electron chi connectivity index (χ1n) is 6.70. The molecular formula is C14H25N3O. The van der Waals surface area contributed by atoms with E-state index in [0.717, 1.165) is 43.3 Å². The third-order valence-corrected chi connectivity index (χ3v) is 2.85. The molecule has 0 aliphatic rings. The Morgan fingerprint density at radius 3 is 2.56 bits per heavy atom. The van der Waals surface area contributed by atoms with Crippen molar-refractivity contribution in [1.29, 1.82) is 0 Å². The van der Waals surface area contributed by atoms with Crippen LogP contribution in [-0.2, 0) is 11.2 Å². The summed E-state index contributed by atoms with van der Waals surface area (Å²) >= 11 is 0. The summed E-state index contributed by atoms with van der Waals surface area (Å²) in [6.45, 7) is 10.1. The van der Waals surface area contributed by atoms with Crippen molar-refractivity contribution >= 4 is 5.82 Å². The van der Waals surface area contributed by atoms with E-state index >= 15 is 0 Å². The summed E-state index contributed by atoms with van der Waals surface area (Å²) in [5, 5.41) is 3.35. The molecule has 1 aromatic heterocycles. The third kappa shape index (κ3) is 3.95. The minimum atomic E-state index is 0.437. The van der Waals surface area contributed by atoms with Gasteiger partial charge in [-0.15, -0.1) is 0 Å². The fourth-order valence-electron chi connectivity index (χ4n) is 2.12. The molecule has 0 aliphatic carbocycles. The fourth-order valence-corrected chi connectivity index (χ4v) is 2.12. The average molecular weight is 251 g/mol. The summed E-state index contributed by atoms with van der Waals surface area (Å²) in [5.41, 5.74) is 2.32. The second kappa shape index (κ2) is 7.31. The highest BCUT2D eigenvalue weighted by atomic mass is 16.5. The lowest BCUT2D eigenvalue weighted by Gasteiger charge is -2.16. The van der Waals surface area contributed by atoms with Crippen LogP contribution >= 0.6 is 0 Å². The van der Waals surface area contributed by atoms with Gasteiger partial charge in [-0.2, -0.15) is 0 Å². The quantitative estimate of drug-likeness (QED) is 0.757. The predicted molar refractivity (Wildman–Crippen MR) is 75.2 cm³/mol. The maximum atomic E-state index is 5.06. The van der Waals surface area contributed by atoms with E-state index < -0.39 is 0 Å². The third-order valence-electron chi connectivity index (χ3n) is 2.85. The summed E-state index contributed by atoms with van der Waals surface area (Å²) in [4.78, 5) is 9.24. The van der Waals surface area contributed by atoms with Crippen LogP contribution in [0.2, 0.25) is 0 Å². The van der Waals surface area contributed by atoms with Crippen molar-refractivity contribution in [3.05, 3.63) is 17.1 Å². The molecule has 0 aliphatic heterocycles. The van der Waals surface area contributed by atoms with Crippen LogP contribution in [0.4, 0.5) is 5.82 Å². The Bertz CT molecular complexity index is 378. The number of rotatable bonds is 7. The van der Waals surface area contributed by atoms with Crippen molar-refractivity contribution in [2.24, 2.45) is 0 Å². The zero-order chi connectivity index (χ0) is 13.5. The topological polar surface area (TPSA) is 47.0 Å². The number of aryl methyl sites for hydroxylation is 2. The summed E-state index contributed by atoms with van der Waals surface area (Å²) in [6.07, 6.45) is 1.83. The number of methoxy groups -OCH3 is 1. The molecule has 18 heavy (non-hydrogen) atoms. The van der Waals surface area contributed by atoms with Crippen LogP contribution in [0.1, 0.15) is 50.2 Å². The Morgan fingerprint density at radius 1 is 1.28 bits per heavy atom. The Morgan fingerprint density at radius 2 is 2.00 bits per heavy atom. The van der Waals surface area contributed by atoms with Gasteiger partial charge in [-0.3, -0.25) is 0 Å². The molecule has 102 valence electrons. The summed E-state index contributed by atoms with van der Waals surface area (Å²) < 4.78 is 5.06. The lowest BCUT2D eigenvalue weighted by Crippen LogP contribution is -2.11. The van der Waals surface area contributed by atoms with Crippen molar-refractivity contribution in [3.8, 4) is 0 Å². The molecule has 1 aromatic rings. The highest BCUT2D eigenvalue weighted by Gasteiger charge is 2.14. The van der Waals surface area contributed by atoms with Crippen molar-refractivity contribution in [2.75, 3.05) is 25.6 Å². The molecule has 1 N–H and O–H groups in total. The Labute approximate surface area is 110 Å². The first kappa shape index (κ1) is 14.9. The maximum Gasteiger partial charge on any atom is 0.133 e. The monoisotopic (exact) mass is 251 g/mol. The van der Waals surface area contributed by atoms with Crippen LogP contribution in [-0.4, -0.2) is 30.2 Å². The molecule has 0 fully saturated rings. The summed E-state index contributed by atoms with van der Waals surface area (Å²) in [6, 6.07) is 0. The van der Waals surface area contributed by atoms with E-state index in [-0.39, 0.29) is 0 Å². The van der Waals surface area contributed by atoms with Gasteiger partial charge in [0.15, 0.2) is 0 Å². The standard InChI is InChI=1S/C14H25N3O/c1-6-15-14-13(10(2)3)11(4)16-12(17-14)8-7-9-18-5/h10H,6-9H2,1-5H3,(H,15,16,17). The molecule has 1 rings (SSSR count). The van der Waals surface area contributed by atoms with Gasteiger partial charge >= 0.3 is 0 Å². The number of aromatic nitrogens is 2. The summed E-state index contributed by atoms with van der Waals surface area (Å²) in [7, 11) is 1.72. The van der Waals surface area contributed by atoms with E-state index in [1.807, 2.05) is 0 Å². The van der Waals surface area contributed by atoms with E-state index in [1.54, 1.807) is 7.11 Å². The SMILES string of the molecule is CCNc1nc(CCCOC)nc(C)c1C(C)C. The van der Waals surface area contributed by atoms with E-state index in [4.69, 9.17) is 4.74 Å². The van der Waals surface area contributed by atoms with Crippen LogP contribution < -0.4 is 5.32 Å². The zero-order valence-electron chi connectivity index (χ0n) is 12.2. The van der Waals surface area contributed by atoms with Crippen molar-refractivity contribution in [2.45, 2.75) is 46.5 Å². The second-order valence-corrected chi connectivity index (χ2v) is 4.77. The molecule has 4 nitrogen and oxygen atoms in total. The zero-order valence-corrected chi connectivity index (χ0v) is 12.2. The van der Waals surface area contributed by atoms with Crippen LogP contribution in [0.25, 0.3) is 0 Å². The molecule has 0 aromatic carbocycles. The van der Waals surface area contributed by atoms with Crippen molar-refractivity contribution in [3.63, 3.8) is 0 Å². The Hall–Kier alpha value is -1.16. The lowest BCUT2D eigenvalue weighted by atomic mass is 10.0. The van der Waals surface area contributed by atoms with Gasteiger partial charge in [-0.25, -0.2) is 9.97 Å². The van der Waals surface area contributed by atoms with E-state index in [0.29, 0.717) is 5.92 Å². The molecule has 0 atom stereocenters. The summed E-state index contributed by atoms with van der Waals surface area (Å²) in [5.74, 6) is 2.34. The molecule has 0 unspecified atom stereocenters. The van der Waals surface area contributed by atoms with Crippen LogP contribution in [0, 0.1) is 6.92 Å². The predicted octanol–water partition coefficient (Wildman–Crippen LogP) is 2.92. The van der Waals surface area contributed by atoms with Crippen molar-refractivity contribution in [1.82, 2.24) is 9.97 Å². The average Bonchev–Trinajstić information content (AvgIpc) is 2.28. The lowest BCUT2D eigenvalue weighted by molar-refractivity contribution is 0.194. The molecule has 4 heteroatoms. The highest BCUT2D eigenvalue weighted by Crippen LogP contribution is 2.25. The molecule has 0 spiro atoms. The number of nitrogens with zero attached hydrogens (tertiary/aromatic N) is 2. The number of ether oxygens (including phenoxy) is 1. The highest BCUT2D eigenvalue weighted by molar-refractivity contribution is 5.48. The molecule has 0 bridgehead atoms. The van der Waals surface area contributed by atoms with Gasteiger partial charge in [-0.05, 0) is 26.2 Å². The molecule has 0 saturated heterocycles. The largest absolute Gasteiger partial charge is 0.385 e. The number of anilines is 1. The number of hydrogen-bond acceptors (Lipinski definition) is 4. The van der Waals surface area contributed by atoms with Crippen LogP contribution in [0.5, 0.6) is 0 Å². The number of nitrogens with one attached hydrogen (secondary N) is 1. The van der Waals surface area contributed by atoms with Gasteiger partial charge in [0.2, 0.25) is 0 Å². The first-order valence-corrected chi connectivity index (χ1v) is 6.70. The van der Waals surface area contributed by atoms with E-state index in [1.165, 1.54) is 5.56 Å². The molecule has 0 amide bonds. The van der Waals surface area contributed by atoms with Gasteiger partial charge in [0.1, 0.15) is 11.6 Å². The second-order valence-electron chi connectivity index (χ2n) is 4.77. The van der Waals surface area contributed by atoms with Gasteiger partial charge in [0.05, 0.1) is 0 Å². The van der Waals surface area contributed by atoms with Gasteiger partial charge in [0.25, 0.3) is 0 Å². The van der Waals surface area contributed by atoms with E-state index in [2.05, 4.69) is 43.0 Å². The van der Waals surface area contributed by atoms with Gasteiger partial charge in [-0.1, -0.05) is 13.8 Å². The number of hydrogen-bond donors (Lipinski definition) is 1. The normalized spacial score (nSPS) is 11.0. The Kier molecular flexibility index (Phi) is 6.05. The molecule has 0 radical (unpaired) electrons. The fraction of sp³-hybridized carbons (Fsp3) is 0.714. The molecule has 1 heterocycles. The van der Waals surface area contributed by atoms with E-state index in [9.17, 15) is 0 Å². The van der Waals surface area contributed by atoms with Crippen LogP contribution in [0.15, 0.2) is 0 Å². The van der Waals surface area contributed by atoms with Crippen molar-refractivity contribution < 1.29 is 4.74 Å². The van der Waals surface area contributed by atoms with Crippen LogP contribution in [0.3, 0.4) is 0 Å². The molecule has 0 saturated carbocycles. The van der Waals surface area contributed by atoms with Gasteiger partial charge < -0.3 is 10.1 Å². The Balaban J connectivity index is 2.95. The minimum absolute atomic E-state index is 0.437. The maximum absolute atomic E-state index is 5.06. The molecular weight excluding hydrogens is 226 g/mol. The minimum Gasteiger partial charge on any atom is -0.385 e. The first-order chi connectivity index (χ1) is 8.60. The van der Waals surface area contributed by atoms with Gasteiger partial charge in [0, 0.05) is 37.9 Å². The smallest absolute Gasteiger partial charge is 0.133 e.